The van der Waals surface area contributed by atoms with Gasteiger partial charge in [0, 0.05) is 49.2 Å². The first kappa shape index (κ1) is 16.2. The first-order chi connectivity index (χ1) is 11.6. The molecule has 0 spiro atoms. The molecule has 0 aliphatic heterocycles. The molecule has 0 atom stereocenters. The van der Waals surface area contributed by atoms with Gasteiger partial charge in [0.1, 0.15) is 0 Å². The van der Waals surface area contributed by atoms with Gasteiger partial charge in [0.25, 0.3) is 0 Å². The van der Waals surface area contributed by atoms with Crippen molar-refractivity contribution in [3.63, 3.8) is 0 Å². The number of aromatic nitrogens is 2. The van der Waals surface area contributed by atoms with Gasteiger partial charge in [0.15, 0.2) is 5.43 Å². The summed E-state index contributed by atoms with van der Waals surface area (Å²) in [5, 5.41) is 7.39. The molecule has 0 saturated carbocycles. The van der Waals surface area contributed by atoms with Crippen molar-refractivity contribution in [1.82, 2.24) is 15.3 Å². The molecular formula is C19H22N4O. The number of nitrogens with zero attached hydrogens (tertiary/aromatic N) is 1. The Kier molecular flexibility index (Phi) is 4.91. The number of aromatic amines is 1. The quantitative estimate of drug-likeness (QED) is 0.610. The molecule has 0 saturated heterocycles. The lowest BCUT2D eigenvalue weighted by Crippen LogP contribution is -2.23. The molecule has 0 aliphatic rings. The van der Waals surface area contributed by atoms with E-state index in [0.717, 1.165) is 46.5 Å². The standard InChI is InChI=1S/C19H22N4O/c1-13-8-14(2)19-17(9-13)18(24)10-16(23-19)12-21-6-7-22-15-4-3-5-20-11-15/h3-5,8-11,21-22H,6-7,12H2,1-2H3,(H,23,24). The van der Waals surface area contributed by atoms with E-state index in [9.17, 15) is 4.79 Å². The maximum Gasteiger partial charge on any atom is 0.189 e. The van der Waals surface area contributed by atoms with Gasteiger partial charge in [0.2, 0.25) is 0 Å². The molecule has 0 fully saturated rings. The molecule has 0 aliphatic carbocycles. The van der Waals surface area contributed by atoms with Gasteiger partial charge in [-0.3, -0.25) is 9.78 Å². The molecule has 0 amide bonds. The predicted octanol–water partition coefficient (Wildman–Crippen LogP) is 2.74. The summed E-state index contributed by atoms with van der Waals surface area (Å²) in [4.78, 5) is 19.8. The highest BCUT2D eigenvalue weighted by Gasteiger charge is 2.05. The largest absolute Gasteiger partial charge is 0.383 e. The Balaban J connectivity index is 1.60. The molecule has 3 N–H and O–H groups in total. The monoisotopic (exact) mass is 322 g/mol. The first-order valence-corrected chi connectivity index (χ1v) is 8.11. The smallest absolute Gasteiger partial charge is 0.189 e. The van der Waals surface area contributed by atoms with Crippen molar-refractivity contribution in [2.45, 2.75) is 20.4 Å². The van der Waals surface area contributed by atoms with Crippen molar-refractivity contribution >= 4 is 16.6 Å². The number of H-pyrrole nitrogens is 1. The molecule has 5 nitrogen and oxygen atoms in total. The van der Waals surface area contributed by atoms with Crippen LogP contribution in [0.3, 0.4) is 0 Å². The Morgan fingerprint density at radius 3 is 2.83 bits per heavy atom. The fourth-order valence-corrected chi connectivity index (χ4v) is 2.84. The third-order valence-corrected chi connectivity index (χ3v) is 3.94. The summed E-state index contributed by atoms with van der Waals surface area (Å²) in [6, 6.07) is 9.60. The van der Waals surface area contributed by atoms with Crippen LogP contribution in [0.25, 0.3) is 10.9 Å². The van der Waals surface area contributed by atoms with E-state index < -0.39 is 0 Å². The fraction of sp³-hybridized carbons (Fsp3) is 0.263. The SMILES string of the molecule is Cc1cc(C)c2[nH]c(CNCCNc3cccnc3)cc(=O)c2c1. The summed E-state index contributed by atoms with van der Waals surface area (Å²) < 4.78 is 0. The lowest BCUT2D eigenvalue weighted by Gasteiger charge is -2.10. The molecule has 2 aromatic heterocycles. The first-order valence-electron chi connectivity index (χ1n) is 8.11. The molecule has 3 rings (SSSR count). The second-order valence-electron chi connectivity index (χ2n) is 6.01. The summed E-state index contributed by atoms with van der Waals surface area (Å²) >= 11 is 0. The molecule has 24 heavy (non-hydrogen) atoms. The van der Waals surface area contributed by atoms with E-state index in [1.807, 2.05) is 32.0 Å². The van der Waals surface area contributed by atoms with Crippen LogP contribution < -0.4 is 16.1 Å². The summed E-state index contributed by atoms with van der Waals surface area (Å²) in [5.74, 6) is 0. The third kappa shape index (κ3) is 3.81. The van der Waals surface area contributed by atoms with Crippen LogP contribution in [0, 0.1) is 13.8 Å². The van der Waals surface area contributed by atoms with Gasteiger partial charge in [-0.2, -0.15) is 0 Å². The van der Waals surface area contributed by atoms with E-state index in [2.05, 4.69) is 26.7 Å². The van der Waals surface area contributed by atoms with E-state index >= 15 is 0 Å². The Morgan fingerprint density at radius 2 is 2.04 bits per heavy atom. The molecule has 2 heterocycles. The van der Waals surface area contributed by atoms with Crippen molar-refractivity contribution in [3.8, 4) is 0 Å². The zero-order chi connectivity index (χ0) is 16.9. The highest BCUT2D eigenvalue weighted by Crippen LogP contribution is 2.16. The molecule has 5 heteroatoms. The Hall–Kier alpha value is -2.66. The Bertz CT molecular complexity index is 887. The van der Waals surface area contributed by atoms with Crippen molar-refractivity contribution in [1.29, 1.82) is 0 Å². The van der Waals surface area contributed by atoms with Crippen LogP contribution in [0.15, 0.2) is 47.5 Å². The van der Waals surface area contributed by atoms with Crippen LogP contribution in [-0.4, -0.2) is 23.1 Å². The minimum absolute atomic E-state index is 0.0702. The maximum atomic E-state index is 12.3. The second kappa shape index (κ2) is 7.27. The van der Waals surface area contributed by atoms with Gasteiger partial charge in [0.05, 0.1) is 11.2 Å². The third-order valence-electron chi connectivity index (χ3n) is 3.94. The van der Waals surface area contributed by atoms with Crippen molar-refractivity contribution in [2.24, 2.45) is 0 Å². The molecule has 0 bridgehead atoms. The topological polar surface area (TPSA) is 69.8 Å². The minimum Gasteiger partial charge on any atom is -0.383 e. The van der Waals surface area contributed by atoms with Crippen molar-refractivity contribution in [2.75, 3.05) is 18.4 Å². The number of nitrogens with one attached hydrogen (secondary N) is 3. The predicted molar refractivity (Wildman–Crippen MR) is 98.5 cm³/mol. The maximum absolute atomic E-state index is 12.3. The van der Waals surface area contributed by atoms with E-state index in [1.54, 1.807) is 18.5 Å². The van der Waals surface area contributed by atoms with E-state index in [-0.39, 0.29) is 5.43 Å². The highest BCUT2D eigenvalue weighted by molar-refractivity contribution is 5.82. The molecule has 0 unspecified atom stereocenters. The summed E-state index contributed by atoms with van der Waals surface area (Å²) in [5.41, 5.74) is 5.12. The molecule has 124 valence electrons. The van der Waals surface area contributed by atoms with Crippen LogP contribution in [0.1, 0.15) is 16.8 Å². The average Bonchev–Trinajstić information content (AvgIpc) is 2.57. The minimum atomic E-state index is 0.0702. The normalized spacial score (nSPS) is 10.9. The van der Waals surface area contributed by atoms with E-state index in [1.165, 1.54) is 0 Å². The van der Waals surface area contributed by atoms with Gasteiger partial charge < -0.3 is 15.6 Å². The number of aryl methyl sites for hydroxylation is 2. The average molecular weight is 322 g/mol. The number of hydrogen-bond acceptors (Lipinski definition) is 4. The number of hydrogen-bond donors (Lipinski definition) is 3. The van der Waals surface area contributed by atoms with Crippen LogP contribution in [-0.2, 0) is 6.54 Å². The van der Waals surface area contributed by atoms with Gasteiger partial charge in [-0.15, -0.1) is 0 Å². The van der Waals surface area contributed by atoms with Crippen LogP contribution in [0.5, 0.6) is 0 Å². The fourth-order valence-electron chi connectivity index (χ4n) is 2.84. The van der Waals surface area contributed by atoms with Crippen molar-refractivity contribution < 1.29 is 0 Å². The second-order valence-corrected chi connectivity index (χ2v) is 6.01. The molecule has 0 radical (unpaired) electrons. The summed E-state index contributed by atoms with van der Waals surface area (Å²) in [6.45, 7) is 6.26. The zero-order valence-electron chi connectivity index (χ0n) is 14.0. The highest BCUT2D eigenvalue weighted by atomic mass is 16.1. The molecular weight excluding hydrogens is 300 g/mol. The number of rotatable bonds is 6. The number of fused-ring (bicyclic) bond motifs is 1. The van der Waals surface area contributed by atoms with Gasteiger partial charge in [-0.25, -0.2) is 0 Å². The van der Waals surface area contributed by atoms with E-state index in [4.69, 9.17) is 0 Å². The van der Waals surface area contributed by atoms with Crippen LogP contribution in [0.2, 0.25) is 0 Å². The van der Waals surface area contributed by atoms with Gasteiger partial charge >= 0.3 is 0 Å². The summed E-state index contributed by atoms with van der Waals surface area (Å²) in [6.07, 6.45) is 3.55. The van der Waals surface area contributed by atoms with Crippen molar-refractivity contribution in [3.05, 3.63) is 69.8 Å². The Labute approximate surface area is 141 Å². The summed E-state index contributed by atoms with van der Waals surface area (Å²) in [7, 11) is 0. The van der Waals surface area contributed by atoms with E-state index in [0.29, 0.717) is 6.54 Å². The number of benzene rings is 1. The lowest BCUT2D eigenvalue weighted by atomic mass is 10.1. The Morgan fingerprint density at radius 1 is 1.17 bits per heavy atom. The zero-order valence-corrected chi connectivity index (χ0v) is 14.0. The van der Waals surface area contributed by atoms with Gasteiger partial charge in [-0.05, 0) is 43.2 Å². The lowest BCUT2D eigenvalue weighted by molar-refractivity contribution is 0.694. The van der Waals surface area contributed by atoms with Crippen LogP contribution in [0.4, 0.5) is 5.69 Å². The molecule has 3 aromatic rings. The number of pyridine rings is 2. The van der Waals surface area contributed by atoms with Crippen LogP contribution >= 0.6 is 0 Å². The molecule has 1 aromatic carbocycles. The van der Waals surface area contributed by atoms with Gasteiger partial charge in [-0.1, -0.05) is 6.07 Å². The number of anilines is 1.